The predicted molar refractivity (Wildman–Crippen MR) is 73.5 cm³/mol. The van der Waals surface area contributed by atoms with Crippen LogP contribution in [0.1, 0.15) is 39.0 Å². The van der Waals surface area contributed by atoms with Crippen molar-refractivity contribution in [3.8, 4) is 0 Å². The van der Waals surface area contributed by atoms with Gasteiger partial charge < -0.3 is 0 Å². The van der Waals surface area contributed by atoms with Crippen molar-refractivity contribution in [2.45, 2.75) is 49.3 Å². The summed E-state index contributed by atoms with van der Waals surface area (Å²) >= 11 is 6.65. The van der Waals surface area contributed by atoms with Gasteiger partial charge in [0.15, 0.2) is 8.68 Å². The third kappa shape index (κ3) is 3.44. The highest BCUT2D eigenvalue weighted by atomic mass is 35.5. The zero-order valence-corrected chi connectivity index (χ0v) is 12.6. The molecule has 0 saturated heterocycles. The van der Waals surface area contributed by atoms with Gasteiger partial charge in [0.1, 0.15) is 0 Å². The van der Waals surface area contributed by atoms with Gasteiger partial charge in [0.05, 0.1) is 6.20 Å². The Bertz CT molecular complexity index is 495. The van der Waals surface area contributed by atoms with E-state index in [-0.39, 0.29) is 14.7 Å². The van der Waals surface area contributed by atoms with Gasteiger partial charge >= 0.3 is 0 Å². The van der Waals surface area contributed by atoms with Crippen molar-refractivity contribution < 1.29 is 8.42 Å². The van der Waals surface area contributed by atoms with Crippen LogP contribution in [0.3, 0.4) is 0 Å². The second kappa shape index (κ2) is 5.86. The highest BCUT2D eigenvalue weighted by Crippen LogP contribution is 2.28. The average Bonchev–Trinajstić information content (AvgIpc) is 2.77. The van der Waals surface area contributed by atoms with E-state index in [0.717, 1.165) is 24.2 Å². The van der Waals surface area contributed by atoms with Crippen LogP contribution in [0.2, 0.25) is 4.47 Å². The lowest BCUT2D eigenvalue weighted by Crippen LogP contribution is -2.38. The molecule has 102 valence electrons. The maximum Gasteiger partial charge on any atom is 0.251 e. The quantitative estimate of drug-likeness (QED) is 0.930. The summed E-state index contributed by atoms with van der Waals surface area (Å²) in [5.41, 5.74) is 0. The molecular weight excluding hydrogens is 292 g/mol. The molecule has 0 aliphatic heterocycles. The molecule has 0 spiro atoms. The van der Waals surface area contributed by atoms with E-state index in [0.29, 0.717) is 5.92 Å². The fraction of sp³-hybridized carbons (Fsp3) is 0.727. The molecule has 1 aromatic heterocycles. The molecule has 7 heteroatoms. The van der Waals surface area contributed by atoms with Crippen LogP contribution >= 0.6 is 22.9 Å². The Morgan fingerprint density at radius 3 is 2.67 bits per heavy atom. The molecule has 1 unspecified atom stereocenters. The average molecular weight is 309 g/mol. The summed E-state index contributed by atoms with van der Waals surface area (Å²) < 4.78 is 27.4. The van der Waals surface area contributed by atoms with Crippen molar-refractivity contribution in [3.63, 3.8) is 0 Å². The number of rotatable bonds is 4. The van der Waals surface area contributed by atoms with E-state index in [1.54, 1.807) is 0 Å². The van der Waals surface area contributed by atoms with Gasteiger partial charge in [-0.15, -0.1) is 0 Å². The number of thiazole rings is 1. The summed E-state index contributed by atoms with van der Waals surface area (Å²) in [6.45, 7) is 1.94. The van der Waals surface area contributed by atoms with Gasteiger partial charge in [-0.25, -0.2) is 18.1 Å². The number of nitrogens with one attached hydrogen (secondary N) is 1. The maximum atomic E-state index is 12.1. The van der Waals surface area contributed by atoms with Crippen LogP contribution in [0.5, 0.6) is 0 Å². The summed E-state index contributed by atoms with van der Waals surface area (Å²) in [5.74, 6) is 0.442. The fourth-order valence-corrected chi connectivity index (χ4v) is 5.02. The molecule has 1 aliphatic rings. The molecule has 0 radical (unpaired) electrons. The first-order valence-electron chi connectivity index (χ1n) is 6.13. The maximum absolute atomic E-state index is 12.1. The number of halogens is 1. The van der Waals surface area contributed by atoms with E-state index < -0.39 is 10.0 Å². The van der Waals surface area contributed by atoms with Gasteiger partial charge in [0.2, 0.25) is 0 Å². The first-order chi connectivity index (χ1) is 8.49. The van der Waals surface area contributed by atoms with Gasteiger partial charge in [-0.1, -0.05) is 42.2 Å². The standard InChI is InChI=1S/C11H17ClN2O2S2/c1-8(9-5-3-2-4-6-9)14-18(15,16)10-7-13-11(12)17-10/h7-9,14H,2-6H2,1H3. The van der Waals surface area contributed by atoms with Crippen LogP contribution in [0.25, 0.3) is 0 Å². The number of aromatic nitrogens is 1. The molecule has 18 heavy (non-hydrogen) atoms. The monoisotopic (exact) mass is 308 g/mol. The summed E-state index contributed by atoms with van der Waals surface area (Å²) in [4.78, 5) is 3.77. The van der Waals surface area contributed by atoms with Gasteiger partial charge in [-0.05, 0) is 25.7 Å². The molecule has 2 rings (SSSR count). The van der Waals surface area contributed by atoms with Crippen LogP contribution in [-0.2, 0) is 10.0 Å². The normalized spacial score (nSPS) is 19.9. The molecule has 1 fully saturated rings. The number of sulfonamides is 1. The van der Waals surface area contributed by atoms with Crippen molar-refractivity contribution in [2.75, 3.05) is 0 Å². The molecule has 0 amide bonds. The lowest BCUT2D eigenvalue weighted by atomic mass is 9.85. The van der Waals surface area contributed by atoms with Crippen molar-refractivity contribution in [2.24, 2.45) is 5.92 Å². The van der Waals surface area contributed by atoms with Crippen LogP contribution in [0.15, 0.2) is 10.4 Å². The highest BCUT2D eigenvalue weighted by Gasteiger charge is 2.26. The molecule has 0 bridgehead atoms. The van der Waals surface area contributed by atoms with Gasteiger partial charge in [0.25, 0.3) is 10.0 Å². The van der Waals surface area contributed by atoms with E-state index in [2.05, 4.69) is 9.71 Å². The molecule has 1 N–H and O–H groups in total. The minimum Gasteiger partial charge on any atom is -0.232 e. The van der Waals surface area contributed by atoms with Gasteiger partial charge in [0, 0.05) is 6.04 Å². The zero-order valence-electron chi connectivity index (χ0n) is 10.2. The zero-order chi connectivity index (χ0) is 13.2. The molecule has 1 aliphatic carbocycles. The molecular formula is C11H17ClN2O2S2. The van der Waals surface area contributed by atoms with Gasteiger partial charge in [-0.2, -0.15) is 0 Å². The topological polar surface area (TPSA) is 59.1 Å². The Morgan fingerprint density at radius 1 is 1.44 bits per heavy atom. The Balaban J connectivity index is 2.03. The molecule has 1 saturated carbocycles. The molecule has 1 atom stereocenters. The summed E-state index contributed by atoms with van der Waals surface area (Å²) in [7, 11) is -3.47. The minimum absolute atomic E-state index is 0.0313. The van der Waals surface area contributed by atoms with E-state index in [1.807, 2.05) is 6.92 Å². The molecule has 1 heterocycles. The van der Waals surface area contributed by atoms with Crippen molar-refractivity contribution >= 4 is 33.0 Å². The lowest BCUT2D eigenvalue weighted by molar-refractivity contribution is 0.303. The number of hydrogen-bond donors (Lipinski definition) is 1. The first kappa shape index (κ1) is 14.2. The summed E-state index contributed by atoms with van der Waals surface area (Å²) in [6, 6.07) is -0.0313. The van der Waals surface area contributed by atoms with E-state index in [4.69, 9.17) is 11.6 Å². The number of nitrogens with zero attached hydrogens (tertiary/aromatic N) is 1. The third-order valence-corrected chi connectivity index (χ3v) is 6.55. The third-order valence-electron chi connectivity index (χ3n) is 3.42. The van der Waals surface area contributed by atoms with Crippen LogP contribution in [0.4, 0.5) is 0 Å². The largest absolute Gasteiger partial charge is 0.251 e. The Morgan fingerprint density at radius 2 is 2.11 bits per heavy atom. The number of hydrogen-bond acceptors (Lipinski definition) is 4. The van der Waals surface area contributed by atoms with Crippen LogP contribution in [0, 0.1) is 5.92 Å². The minimum atomic E-state index is -3.47. The van der Waals surface area contributed by atoms with Crippen molar-refractivity contribution in [1.29, 1.82) is 0 Å². The molecule has 0 aromatic carbocycles. The smallest absolute Gasteiger partial charge is 0.232 e. The fourth-order valence-electron chi connectivity index (χ4n) is 2.40. The Hall–Kier alpha value is -0.170. The predicted octanol–water partition coefficient (Wildman–Crippen LogP) is 3.04. The second-order valence-corrected chi connectivity index (χ2v) is 8.29. The van der Waals surface area contributed by atoms with Crippen LogP contribution < -0.4 is 4.72 Å². The van der Waals surface area contributed by atoms with Gasteiger partial charge in [-0.3, -0.25) is 0 Å². The summed E-state index contributed by atoms with van der Waals surface area (Å²) in [5, 5.41) is 0. The first-order valence-corrected chi connectivity index (χ1v) is 8.80. The van der Waals surface area contributed by atoms with Crippen LogP contribution in [-0.4, -0.2) is 19.4 Å². The van der Waals surface area contributed by atoms with E-state index in [9.17, 15) is 8.42 Å². The van der Waals surface area contributed by atoms with Crippen molar-refractivity contribution in [1.82, 2.24) is 9.71 Å². The Kier molecular flexibility index (Phi) is 4.64. The summed E-state index contributed by atoms with van der Waals surface area (Å²) in [6.07, 6.45) is 7.18. The van der Waals surface area contributed by atoms with Crippen molar-refractivity contribution in [3.05, 3.63) is 10.7 Å². The van der Waals surface area contributed by atoms with E-state index >= 15 is 0 Å². The lowest BCUT2D eigenvalue weighted by Gasteiger charge is -2.27. The SMILES string of the molecule is CC(NS(=O)(=O)c1cnc(Cl)s1)C1CCCCC1. The molecule has 4 nitrogen and oxygen atoms in total. The second-order valence-electron chi connectivity index (χ2n) is 4.74. The molecule has 1 aromatic rings. The highest BCUT2D eigenvalue weighted by molar-refractivity contribution is 7.91. The Labute approximate surface area is 117 Å². The van der Waals surface area contributed by atoms with E-state index in [1.165, 1.54) is 25.5 Å².